The summed E-state index contributed by atoms with van der Waals surface area (Å²) in [5.74, 6) is -0.0794. The topological polar surface area (TPSA) is 51.1 Å². The van der Waals surface area contributed by atoms with Crippen molar-refractivity contribution in [1.82, 2.24) is 9.88 Å². The minimum Gasteiger partial charge on any atom is -0.346 e. The molecule has 1 aromatic rings. The van der Waals surface area contributed by atoms with Crippen LogP contribution in [-0.2, 0) is 18.3 Å². The summed E-state index contributed by atoms with van der Waals surface area (Å²) in [6, 6.07) is 3.43. The number of rotatable bonds is 2. The smallest absolute Gasteiger partial charge is 0.250 e. The van der Waals surface area contributed by atoms with Crippen molar-refractivity contribution in [3.63, 3.8) is 0 Å². The highest BCUT2D eigenvalue weighted by molar-refractivity contribution is 5.87. The largest absolute Gasteiger partial charge is 0.346 e. The molecule has 1 aliphatic rings. The third-order valence-electron chi connectivity index (χ3n) is 3.39. The van der Waals surface area contributed by atoms with Crippen molar-refractivity contribution in [2.24, 2.45) is 7.05 Å². The Labute approximate surface area is 106 Å². The molecule has 1 amide bonds. The van der Waals surface area contributed by atoms with Crippen LogP contribution < -0.4 is 10.9 Å². The van der Waals surface area contributed by atoms with Crippen LogP contribution >= 0.6 is 0 Å². The Bertz CT molecular complexity index is 543. The third-order valence-corrected chi connectivity index (χ3v) is 3.39. The van der Waals surface area contributed by atoms with Gasteiger partial charge in [-0.15, -0.1) is 0 Å². The molecule has 18 heavy (non-hydrogen) atoms. The standard InChI is InChI=1S/C14H18N2O2/c1-3-5-13(17)15-11-6-4-7-12-10(11)8-9-14(18)16(12)2/h3,5,8-9,11H,4,6-7H2,1-2H3,(H,15,17)/b5-3+. The van der Waals surface area contributed by atoms with E-state index in [1.165, 1.54) is 6.08 Å². The second-order valence-corrected chi connectivity index (χ2v) is 4.59. The first-order valence-corrected chi connectivity index (χ1v) is 6.25. The molecule has 96 valence electrons. The first kappa shape index (κ1) is 12.6. The number of hydrogen-bond acceptors (Lipinski definition) is 2. The summed E-state index contributed by atoms with van der Waals surface area (Å²) in [6.45, 7) is 1.82. The summed E-state index contributed by atoms with van der Waals surface area (Å²) in [4.78, 5) is 23.2. The van der Waals surface area contributed by atoms with Gasteiger partial charge in [0.25, 0.3) is 0 Å². The average Bonchev–Trinajstić information content (AvgIpc) is 2.35. The van der Waals surface area contributed by atoms with E-state index in [2.05, 4.69) is 5.32 Å². The SMILES string of the molecule is C/C=C/C(=O)NC1CCCc2c1ccc(=O)n2C. The molecule has 2 rings (SSSR count). The van der Waals surface area contributed by atoms with Crippen LogP contribution in [0.2, 0.25) is 0 Å². The van der Waals surface area contributed by atoms with Crippen LogP contribution in [0.4, 0.5) is 0 Å². The van der Waals surface area contributed by atoms with Crippen LogP contribution in [0, 0.1) is 0 Å². The van der Waals surface area contributed by atoms with E-state index in [9.17, 15) is 9.59 Å². The summed E-state index contributed by atoms with van der Waals surface area (Å²) >= 11 is 0. The molecule has 0 fully saturated rings. The Morgan fingerprint density at radius 1 is 1.50 bits per heavy atom. The maximum Gasteiger partial charge on any atom is 0.250 e. The van der Waals surface area contributed by atoms with Gasteiger partial charge in [-0.1, -0.05) is 6.08 Å². The van der Waals surface area contributed by atoms with Crippen molar-refractivity contribution in [2.75, 3.05) is 0 Å². The van der Waals surface area contributed by atoms with E-state index >= 15 is 0 Å². The first-order chi connectivity index (χ1) is 8.63. The molecule has 0 bridgehead atoms. The average molecular weight is 246 g/mol. The van der Waals surface area contributed by atoms with Gasteiger partial charge in [-0.05, 0) is 43.9 Å². The van der Waals surface area contributed by atoms with E-state index < -0.39 is 0 Å². The number of hydrogen-bond donors (Lipinski definition) is 1. The predicted molar refractivity (Wildman–Crippen MR) is 70.3 cm³/mol. The van der Waals surface area contributed by atoms with E-state index in [0.29, 0.717) is 0 Å². The van der Waals surface area contributed by atoms with Gasteiger partial charge in [-0.2, -0.15) is 0 Å². The van der Waals surface area contributed by atoms with Crippen LogP contribution in [0.25, 0.3) is 0 Å². The number of carbonyl (C=O) groups is 1. The van der Waals surface area contributed by atoms with E-state index in [1.807, 2.05) is 13.0 Å². The van der Waals surface area contributed by atoms with Crippen molar-refractivity contribution < 1.29 is 4.79 Å². The van der Waals surface area contributed by atoms with Crippen molar-refractivity contribution >= 4 is 5.91 Å². The van der Waals surface area contributed by atoms with Crippen molar-refractivity contribution in [1.29, 1.82) is 0 Å². The van der Waals surface area contributed by atoms with Crippen LogP contribution in [0.3, 0.4) is 0 Å². The number of allylic oxidation sites excluding steroid dienone is 1. The third kappa shape index (κ3) is 2.37. The zero-order valence-corrected chi connectivity index (χ0v) is 10.8. The molecule has 1 unspecified atom stereocenters. The number of nitrogens with zero attached hydrogens (tertiary/aromatic N) is 1. The molecule has 0 aliphatic heterocycles. The summed E-state index contributed by atoms with van der Waals surface area (Å²) in [6.07, 6.45) is 6.06. The molecule has 1 aliphatic carbocycles. The fourth-order valence-corrected chi connectivity index (χ4v) is 2.48. The lowest BCUT2D eigenvalue weighted by Gasteiger charge is -2.27. The highest BCUT2D eigenvalue weighted by atomic mass is 16.1. The van der Waals surface area contributed by atoms with Crippen molar-refractivity contribution in [3.05, 3.63) is 45.9 Å². The fourth-order valence-electron chi connectivity index (χ4n) is 2.48. The summed E-state index contributed by atoms with van der Waals surface area (Å²) in [5, 5.41) is 2.98. The zero-order chi connectivity index (χ0) is 13.1. The van der Waals surface area contributed by atoms with Gasteiger partial charge in [-0.25, -0.2) is 0 Å². The highest BCUT2D eigenvalue weighted by Gasteiger charge is 2.22. The number of nitrogens with one attached hydrogen (secondary N) is 1. The molecule has 0 spiro atoms. The number of fused-ring (bicyclic) bond motifs is 1. The van der Waals surface area contributed by atoms with Crippen molar-refractivity contribution in [3.8, 4) is 0 Å². The molecular formula is C14H18N2O2. The second-order valence-electron chi connectivity index (χ2n) is 4.59. The number of carbonyl (C=O) groups excluding carboxylic acids is 1. The quantitative estimate of drug-likeness (QED) is 0.803. The molecule has 1 atom stereocenters. The van der Waals surface area contributed by atoms with Gasteiger partial charge < -0.3 is 9.88 Å². The molecular weight excluding hydrogens is 228 g/mol. The molecule has 0 radical (unpaired) electrons. The predicted octanol–water partition coefficient (Wildman–Crippen LogP) is 1.46. The lowest BCUT2D eigenvalue weighted by Crippen LogP contribution is -2.33. The van der Waals surface area contributed by atoms with Gasteiger partial charge in [0.15, 0.2) is 0 Å². The molecule has 1 aromatic heterocycles. The Kier molecular flexibility index (Phi) is 3.65. The van der Waals surface area contributed by atoms with Gasteiger partial charge >= 0.3 is 0 Å². The summed E-state index contributed by atoms with van der Waals surface area (Å²) in [5.41, 5.74) is 2.12. The van der Waals surface area contributed by atoms with Gasteiger partial charge in [0, 0.05) is 18.8 Å². The summed E-state index contributed by atoms with van der Waals surface area (Å²) < 4.78 is 1.68. The molecule has 4 nitrogen and oxygen atoms in total. The lowest BCUT2D eigenvalue weighted by atomic mass is 9.91. The van der Waals surface area contributed by atoms with Crippen LogP contribution in [0.1, 0.15) is 37.1 Å². The van der Waals surface area contributed by atoms with E-state index in [4.69, 9.17) is 0 Å². The lowest BCUT2D eigenvalue weighted by molar-refractivity contribution is -0.117. The van der Waals surface area contributed by atoms with E-state index in [-0.39, 0.29) is 17.5 Å². The Balaban J connectivity index is 2.31. The molecule has 0 aromatic carbocycles. The van der Waals surface area contributed by atoms with Crippen LogP contribution in [0.15, 0.2) is 29.1 Å². The monoisotopic (exact) mass is 246 g/mol. The molecule has 0 saturated heterocycles. The normalized spacial score (nSPS) is 18.7. The minimum atomic E-state index is -0.0794. The number of aromatic nitrogens is 1. The molecule has 1 heterocycles. The van der Waals surface area contributed by atoms with E-state index in [1.54, 1.807) is 23.8 Å². The molecule has 4 heteroatoms. The number of pyridine rings is 1. The summed E-state index contributed by atoms with van der Waals surface area (Å²) in [7, 11) is 1.79. The Morgan fingerprint density at radius 2 is 2.28 bits per heavy atom. The highest BCUT2D eigenvalue weighted by Crippen LogP contribution is 2.28. The first-order valence-electron chi connectivity index (χ1n) is 6.25. The Hall–Kier alpha value is -1.84. The number of amides is 1. The zero-order valence-electron chi connectivity index (χ0n) is 10.8. The maximum atomic E-state index is 11.6. The van der Waals surface area contributed by atoms with Gasteiger partial charge in [-0.3, -0.25) is 9.59 Å². The maximum absolute atomic E-state index is 11.6. The van der Waals surface area contributed by atoms with Gasteiger partial charge in [0.2, 0.25) is 11.5 Å². The van der Waals surface area contributed by atoms with Crippen LogP contribution in [-0.4, -0.2) is 10.5 Å². The van der Waals surface area contributed by atoms with Crippen molar-refractivity contribution in [2.45, 2.75) is 32.2 Å². The second kappa shape index (κ2) is 5.21. The fraction of sp³-hybridized carbons (Fsp3) is 0.429. The minimum absolute atomic E-state index is 0.00850. The van der Waals surface area contributed by atoms with E-state index in [0.717, 1.165) is 30.5 Å². The van der Waals surface area contributed by atoms with Gasteiger partial charge in [0.1, 0.15) is 0 Å². The van der Waals surface area contributed by atoms with Crippen LogP contribution in [0.5, 0.6) is 0 Å². The van der Waals surface area contributed by atoms with Gasteiger partial charge in [0.05, 0.1) is 6.04 Å². The molecule has 0 saturated carbocycles. The Morgan fingerprint density at radius 3 is 3.00 bits per heavy atom. The molecule has 1 N–H and O–H groups in total.